The van der Waals surface area contributed by atoms with Crippen LogP contribution in [0.5, 0.6) is 11.5 Å². The summed E-state index contributed by atoms with van der Waals surface area (Å²) in [6, 6.07) is 7.27. The predicted molar refractivity (Wildman–Crippen MR) is 68.7 cm³/mol. The molecule has 0 fully saturated rings. The molecule has 5 heteroatoms. The number of rotatable bonds is 2. The Morgan fingerprint density at radius 3 is 2.68 bits per heavy atom. The van der Waals surface area contributed by atoms with Crippen LogP contribution in [-0.2, 0) is 7.05 Å². The van der Waals surface area contributed by atoms with E-state index in [2.05, 4.69) is 0 Å². The highest BCUT2D eigenvalue weighted by molar-refractivity contribution is 5.91. The fraction of sp³-hybridized carbons (Fsp3) is 0.214. The molecule has 19 heavy (non-hydrogen) atoms. The fourth-order valence-corrected chi connectivity index (χ4v) is 2.25. The standard InChI is InChI=1S/C14H13NO4/c1-8-10(14(16)17)6-11(15(8)2)9-3-4-12-13(5-9)19-7-18-12/h3-6H,7H2,1-2H3,(H,16,17). The summed E-state index contributed by atoms with van der Waals surface area (Å²) in [7, 11) is 1.85. The van der Waals surface area contributed by atoms with Crippen LogP contribution in [0.1, 0.15) is 16.1 Å². The Labute approximate surface area is 110 Å². The number of benzene rings is 1. The molecule has 0 spiro atoms. The van der Waals surface area contributed by atoms with Crippen molar-refractivity contribution < 1.29 is 19.4 Å². The average Bonchev–Trinajstić information content (AvgIpc) is 2.95. The molecule has 0 amide bonds. The van der Waals surface area contributed by atoms with Crippen LogP contribution in [0.15, 0.2) is 24.3 Å². The van der Waals surface area contributed by atoms with E-state index in [0.29, 0.717) is 17.1 Å². The van der Waals surface area contributed by atoms with E-state index in [1.54, 1.807) is 13.0 Å². The van der Waals surface area contributed by atoms with Gasteiger partial charge in [0.1, 0.15) is 0 Å². The van der Waals surface area contributed by atoms with Gasteiger partial charge in [0, 0.05) is 24.0 Å². The van der Waals surface area contributed by atoms with E-state index in [1.807, 2.05) is 29.8 Å². The van der Waals surface area contributed by atoms with E-state index >= 15 is 0 Å². The van der Waals surface area contributed by atoms with E-state index in [1.165, 1.54) is 0 Å². The maximum Gasteiger partial charge on any atom is 0.337 e. The van der Waals surface area contributed by atoms with E-state index in [9.17, 15) is 4.79 Å². The lowest BCUT2D eigenvalue weighted by Gasteiger charge is -2.06. The number of hydrogen-bond acceptors (Lipinski definition) is 3. The fourth-order valence-electron chi connectivity index (χ4n) is 2.25. The molecule has 0 aliphatic carbocycles. The molecular weight excluding hydrogens is 246 g/mol. The number of ether oxygens (including phenoxy) is 2. The molecule has 3 rings (SSSR count). The lowest BCUT2D eigenvalue weighted by Crippen LogP contribution is -1.99. The van der Waals surface area contributed by atoms with Gasteiger partial charge in [-0.1, -0.05) is 0 Å². The quantitative estimate of drug-likeness (QED) is 0.899. The molecule has 98 valence electrons. The summed E-state index contributed by atoms with van der Waals surface area (Å²) in [4.78, 5) is 11.1. The van der Waals surface area contributed by atoms with Crippen LogP contribution in [-0.4, -0.2) is 22.4 Å². The van der Waals surface area contributed by atoms with Gasteiger partial charge in [0.15, 0.2) is 11.5 Å². The summed E-state index contributed by atoms with van der Waals surface area (Å²) >= 11 is 0. The third-order valence-corrected chi connectivity index (χ3v) is 3.43. The van der Waals surface area contributed by atoms with Crippen molar-refractivity contribution in [3.05, 3.63) is 35.5 Å². The van der Waals surface area contributed by atoms with Gasteiger partial charge in [-0.3, -0.25) is 0 Å². The molecule has 0 bridgehead atoms. The minimum atomic E-state index is -0.917. The van der Waals surface area contributed by atoms with Gasteiger partial charge in [-0.25, -0.2) is 4.79 Å². The highest BCUT2D eigenvalue weighted by Crippen LogP contribution is 2.36. The number of aromatic carboxylic acids is 1. The molecule has 0 atom stereocenters. The van der Waals surface area contributed by atoms with E-state index in [-0.39, 0.29) is 6.79 Å². The van der Waals surface area contributed by atoms with Gasteiger partial charge < -0.3 is 19.1 Å². The third kappa shape index (κ3) is 1.74. The normalized spacial score (nSPS) is 12.7. The molecule has 2 heterocycles. The molecule has 1 aromatic heterocycles. The van der Waals surface area contributed by atoms with Crippen molar-refractivity contribution in [2.24, 2.45) is 7.05 Å². The van der Waals surface area contributed by atoms with Crippen LogP contribution in [0.3, 0.4) is 0 Å². The third-order valence-electron chi connectivity index (χ3n) is 3.43. The molecule has 0 unspecified atom stereocenters. The Hall–Kier alpha value is -2.43. The van der Waals surface area contributed by atoms with Crippen LogP contribution < -0.4 is 9.47 Å². The largest absolute Gasteiger partial charge is 0.478 e. The maximum atomic E-state index is 11.1. The zero-order chi connectivity index (χ0) is 13.6. The molecule has 5 nitrogen and oxygen atoms in total. The Morgan fingerprint density at radius 2 is 2.00 bits per heavy atom. The van der Waals surface area contributed by atoms with Crippen molar-refractivity contribution >= 4 is 5.97 Å². The predicted octanol–water partition coefficient (Wildman–Crippen LogP) is 2.43. The van der Waals surface area contributed by atoms with Gasteiger partial charge in [0.25, 0.3) is 0 Å². The summed E-state index contributed by atoms with van der Waals surface area (Å²) in [5.41, 5.74) is 2.78. The first-order chi connectivity index (χ1) is 9.08. The van der Waals surface area contributed by atoms with Gasteiger partial charge in [0.05, 0.1) is 5.56 Å². The topological polar surface area (TPSA) is 60.7 Å². The number of carbonyl (C=O) groups is 1. The molecule has 1 aromatic carbocycles. The zero-order valence-electron chi connectivity index (χ0n) is 10.6. The first kappa shape index (κ1) is 11.6. The number of fused-ring (bicyclic) bond motifs is 1. The summed E-state index contributed by atoms with van der Waals surface area (Å²) in [5.74, 6) is 0.487. The summed E-state index contributed by atoms with van der Waals surface area (Å²) in [6.45, 7) is 2.02. The van der Waals surface area contributed by atoms with Crippen molar-refractivity contribution in [1.82, 2.24) is 4.57 Å². The Kier molecular flexibility index (Phi) is 2.48. The number of aromatic nitrogens is 1. The first-order valence-electron chi connectivity index (χ1n) is 5.87. The first-order valence-corrected chi connectivity index (χ1v) is 5.87. The van der Waals surface area contributed by atoms with E-state index in [4.69, 9.17) is 14.6 Å². The van der Waals surface area contributed by atoms with Crippen LogP contribution in [0, 0.1) is 6.92 Å². The van der Waals surface area contributed by atoms with Crippen molar-refractivity contribution in [3.63, 3.8) is 0 Å². The second-order valence-electron chi connectivity index (χ2n) is 4.46. The molecule has 0 saturated carbocycles. The summed E-state index contributed by atoms with van der Waals surface area (Å²) in [5, 5.41) is 9.15. The second-order valence-corrected chi connectivity index (χ2v) is 4.46. The van der Waals surface area contributed by atoms with Crippen molar-refractivity contribution in [2.75, 3.05) is 6.79 Å². The highest BCUT2D eigenvalue weighted by Gasteiger charge is 2.18. The Morgan fingerprint density at radius 1 is 1.26 bits per heavy atom. The number of carboxylic acids is 1. The zero-order valence-corrected chi connectivity index (χ0v) is 10.6. The molecule has 2 aromatic rings. The van der Waals surface area contributed by atoms with Gasteiger partial charge in [-0.15, -0.1) is 0 Å². The van der Waals surface area contributed by atoms with Gasteiger partial charge in [0.2, 0.25) is 6.79 Å². The van der Waals surface area contributed by atoms with Gasteiger partial charge >= 0.3 is 5.97 Å². The van der Waals surface area contributed by atoms with Gasteiger partial charge in [-0.2, -0.15) is 0 Å². The number of nitrogens with zero attached hydrogens (tertiary/aromatic N) is 1. The van der Waals surface area contributed by atoms with Crippen LogP contribution in [0.4, 0.5) is 0 Å². The van der Waals surface area contributed by atoms with Crippen LogP contribution >= 0.6 is 0 Å². The van der Waals surface area contributed by atoms with Crippen molar-refractivity contribution in [1.29, 1.82) is 0 Å². The SMILES string of the molecule is Cc1c(C(=O)O)cc(-c2ccc3c(c2)OCO3)n1C. The Balaban J connectivity index is 2.12. The Bertz CT molecular complexity index is 672. The minimum absolute atomic E-state index is 0.228. The van der Waals surface area contributed by atoms with E-state index < -0.39 is 5.97 Å². The monoisotopic (exact) mass is 259 g/mol. The average molecular weight is 259 g/mol. The molecular formula is C14H13NO4. The number of carboxylic acid groups (broad SMARTS) is 1. The van der Waals surface area contributed by atoms with Crippen LogP contribution in [0.2, 0.25) is 0 Å². The van der Waals surface area contributed by atoms with Crippen molar-refractivity contribution in [3.8, 4) is 22.8 Å². The smallest absolute Gasteiger partial charge is 0.337 e. The lowest BCUT2D eigenvalue weighted by molar-refractivity contribution is 0.0696. The van der Waals surface area contributed by atoms with Crippen molar-refractivity contribution in [2.45, 2.75) is 6.92 Å². The molecule has 1 aliphatic rings. The van der Waals surface area contributed by atoms with Crippen LogP contribution in [0.25, 0.3) is 11.3 Å². The molecule has 0 saturated heterocycles. The highest BCUT2D eigenvalue weighted by atomic mass is 16.7. The van der Waals surface area contributed by atoms with E-state index in [0.717, 1.165) is 17.0 Å². The molecule has 1 N–H and O–H groups in total. The molecule has 1 aliphatic heterocycles. The minimum Gasteiger partial charge on any atom is -0.478 e. The molecule has 0 radical (unpaired) electrons. The number of hydrogen-bond donors (Lipinski definition) is 1. The lowest BCUT2D eigenvalue weighted by atomic mass is 10.1. The summed E-state index contributed by atoms with van der Waals surface area (Å²) in [6.07, 6.45) is 0. The maximum absolute atomic E-state index is 11.1. The summed E-state index contributed by atoms with van der Waals surface area (Å²) < 4.78 is 12.5. The van der Waals surface area contributed by atoms with Gasteiger partial charge in [-0.05, 0) is 31.2 Å². The second kappa shape index (κ2) is 4.05.